The Morgan fingerprint density at radius 3 is 2.60 bits per heavy atom. The van der Waals surface area contributed by atoms with Crippen LogP contribution in [0.25, 0.3) is 0 Å². The highest BCUT2D eigenvalue weighted by Crippen LogP contribution is 2.33. The molecule has 3 rings (SSSR count). The Morgan fingerprint density at radius 1 is 1.20 bits per heavy atom. The minimum absolute atomic E-state index is 0.248. The second kappa shape index (κ2) is 7.95. The molecule has 2 aromatic rings. The molecule has 1 aliphatic rings. The summed E-state index contributed by atoms with van der Waals surface area (Å²) >= 11 is 0. The predicted octanol–water partition coefficient (Wildman–Crippen LogP) is 3.16. The van der Waals surface area contributed by atoms with Crippen molar-refractivity contribution < 1.29 is 19.0 Å². The molecule has 1 saturated heterocycles. The maximum Gasteiger partial charge on any atom is 0.123 e. The monoisotopic (exact) mass is 345 g/mol. The third-order valence-corrected chi connectivity index (χ3v) is 4.86. The Balaban J connectivity index is 1.75. The van der Waals surface area contributed by atoms with Crippen LogP contribution in [0.4, 0.5) is 4.39 Å². The fourth-order valence-corrected chi connectivity index (χ4v) is 3.31. The van der Waals surface area contributed by atoms with E-state index in [0.29, 0.717) is 19.8 Å². The third-order valence-electron chi connectivity index (χ3n) is 4.86. The van der Waals surface area contributed by atoms with Crippen molar-refractivity contribution in [1.29, 1.82) is 0 Å². The zero-order chi connectivity index (χ0) is 17.7. The molecule has 0 saturated carbocycles. The number of aliphatic hydroxyl groups is 1. The van der Waals surface area contributed by atoms with Gasteiger partial charge in [0.2, 0.25) is 0 Å². The molecule has 5 heteroatoms. The average Bonchev–Trinajstić information content (AvgIpc) is 2.67. The molecule has 2 aromatic carbocycles. The summed E-state index contributed by atoms with van der Waals surface area (Å²) in [7, 11) is 1.61. The first-order chi connectivity index (χ1) is 12.1. The van der Waals surface area contributed by atoms with Gasteiger partial charge in [-0.25, -0.2) is 4.39 Å². The SMILES string of the molecule is COc1cccc(C(O)CNC2(c3ccc(F)cc3)CCOCC2)c1. The van der Waals surface area contributed by atoms with E-state index >= 15 is 0 Å². The van der Waals surface area contributed by atoms with E-state index in [9.17, 15) is 9.50 Å². The fraction of sp³-hybridized carbons (Fsp3) is 0.400. The van der Waals surface area contributed by atoms with Crippen molar-refractivity contribution in [1.82, 2.24) is 5.32 Å². The minimum Gasteiger partial charge on any atom is -0.497 e. The Morgan fingerprint density at radius 2 is 1.92 bits per heavy atom. The number of aliphatic hydroxyl groups excluding tert-OH is 1. The fourth-order valence-electron chi connectivity index (χ4n) is 3.31. The van der Waals surface area contributed by atoms with Crippen molar-refractivity contribution in [3.8, 4) is 5.75 Å². The average molecular weight is 345 g/mol. The van der Waals surface area contributed by atoms with Gasteiger partial charge in [-0.1, -0.05) is 24.3 Å². The molecule has 4 nitrogen and oxygen atoms in total. The second-order valence-electron chi connectivity index (χ2n) is 6.37. The summed E-state index contributed by atoms with van der Waals surface area (Å²) in [5.74, 6) is 0.471. The zero-order valence-corrected chi connectivity index (χ0v) is 14.4. The van der Waals surface area contributed by atoms with Gasteiger partial charge < -0.3 is 19.9 Å². The van der Waals surface area contributed by atoms with Crippen molar-refractivity contribution >= 4 is 0 Å². The van der Waals surface area contributed by atoms with Crippen molar-refractivity contribution in [2.24, 2.45) is 0 Å². The summed E-state index contributed by atoms with van der Waals surface area (Å²) in [5, 5.41) is 14.1. The molecule has 0 bridgehead atoms. The van der Waals surface area contributed by atoms with Gasteiger partial charge in [0.1, 0.15) is 11.6 Å². The number of methoxy groups -OCH3 is 1. The van der Waals surface area contributed by atoms with Crippen LogP contribution in [0.3, 0.4) is 0 Å². The standard InChI is InChI=1S/C20H24FNO3/c1-24-18-4-2-3-15(13-18)19(23)14-22-20(9-11-25-12-10-20)16-5-7-17(21)8-6-16/h2-8,13,19,22-23H,9-12,14H2,1H3. The molecule has 1 atom stereocenters. The lowest BCUT2D eigenvalue weighted by Gasteiger charge is -2.39. The molecule has 1 heterocycles. The molecular formula is C20H24FNO3. The molecule has 0 radical (unpaired) electrons. The zero-order valence-electron chi connectivity index (χ0n) is 14.4. The van der Waals surface area contributed by atoms with Crippen LogP contribution in [-0.2, 0) is 10.3 Å². The highest BCUT2D eigenvalue weighted by molar-refractivity contribution is 5.30. The number of ether oxygens (including phenoxy) is 2. The predicted molar refractivity (Wildman–Crippen MR) is 94.1 cm³/mol. The van der Waals surface area contributed by atoms with Crippen LogP contribution in [0, 0.1) is 5.82 Å². The van der Waals surface area contributed by atoms with Gasteiger partial charge in [0.15, 0.2) is 0 Å². The molecule has 0 aromatic heterocycles. The Hall–Kier alpha value is -1.95. The van der Waals surface area contributed by atoms with Crippen LogP contribution in [0.15, 0.2) is 48.5 Å². The van der Waals surface area contributed by atoms with E-state index in [0.717, 1.165) is 29.7 Å². The normalized spacial score (nSPS) is 17.9. The van der Waals surface area contributed by atoms with Crippen molar-refractivity contribution in [3.63, 3.8) is 0 Å². The lowest BCUT2D eigenvalue weighted by atomic mass is 9.82. The third kappa shape index (κ3) is 4.18. The first-order valence-electron chi connectivity index (χ1n) is 8.54. The minimum atomic E-state index is -0.657. The van der Waals surface area contributed by atoms with Crippen LogP contribution in [0.1, 0.15) is 30.1 Å². The summed E-state index contributed by atoms with van der Waals surface area (Å²) in [6.07, 6.45) is 0.905. The summed E-state index contributed by atoms with van der Waals surface area (Å²) in [5.41, 5.74) is 1.51. The van der Waals surface area contributed by atoms with Crippen LogP contribution in [0.5, 0.6) is 5.75 Å². The number of halogens is 1. The van der Waals surface area contributed by atoms with Crippen LogP contribution < -0.4 is 10.1 Å². The molecule has 2 N–H and O–H groups in total. The molecule has 1 unspecified atom stereocenters. The number of hydrogen-bond acceptors (Lipinski definition) is 4. The molecule has 0 spiro atoms. The summed E-state index contributed by atoms with van der Waals surface area (Å²) < 4.78 is 24.0. The smallest absolute Gasteiger partial charge is 0.123 e. The molecule has 1 fully saturated rings. The van der Waals surface area contributed by atoms with Crippen LogP contribution in [-0.4, -0.2) is 32.0 Å². The molecular weight excluding hydrogens is 321 g/mol. The Labute approximate surface area is 147 Å². The van der Waals surface area contributed by atoms with E-state index in [2.05, 4.69) is 5.32 Å². The van der Waals surface area contributed by atoms with Gasteiger partial charge in [0, 0.05) is 25.3 Å². The van der Waals surface area contributed by atoms with E-state index in [4.69, 9.17) is 9.47 Å². The maximum atomic E-state index is 13.3. The van der Waals surface area contributed by atoms with Crippen LogP contribution >= 0.6 is 0 Å². The quantitative estimate of drug-likeness (QED) is 0.844. The number of rotatable bonds is 6. The number of hydrogen-bond donors (Lipinski definition) is 2. The van der Waals surface area contributed by atoms with Gasteiger partial charge in [-0.2, -0.15) is 0 Å². The molecule has 1 aliphatic heterocycles. The molecule has 25 heavy (non-hydrogen) atoms. The van der Waals surface area contributed by atoms with Gasteiger partial charge in [0.05, 0.1) is 13.2 Å². The maximum absolute atomic E-state index is 13.3. The Bertz CT molecular complexity index is 684. The lowest BCUT2D eigenvalue weighted by Crippen LogP contribution is -2.48. The van der Waals surface area contributed by atoms with E-state index < -0.39 is 6.10 Å². The molecule has 134 valence electrons. The largest absolute Gasteiger partial charge is 0.497 e. The van der Waals surface area contributed by atoms with Crippen molar-refractivity contribution in [2.75, 3.05) is 26.9 Å². The van der Waals surface area contributed by atoms with E-state index in [1.807, 2.05) is 36.4 Å². The van der Waals surface area contributed by atoms with Gasteiger partial charge in [-0.05, 0) is 48.2 Å². The van der Waals surface area contributed by atoms with Gasteiger partial charge in [-0.15, -0.1) is 0 Å². The second-order valence-corrected chi connectivity index (χ2v) is 6.37. The van der Waals surface area contributed by atoms with E-state index in [1.54, 1.807) is 7.11 Å². The summed E-state index contributed by atoms with van der Waals surface area (Å²) in [6, 6.07) is 14.0. The summed E-state index contributed by atoms with van der Waals surface area (Å²) in [4.78, 5) is 0. The van der Waals surface area contributed by atoms with E-state index in [1.165, 1.54) is 12.1 Å². The van der Waals surface area contributed by atoms with Crippen LogP contribution in [0.2, 0.25) is 0 Å². The number of nitrogens with one attached hydrogen (secondary N) is 1. The van der Waals surface area contributed by atoms with Crippen molar-refractivity contribution in [2.45, 2.75) is 24.5 Å². The van der Waals surface area contributed by atoms with Crippen molar-refractivity contribution in [3.05, 3.63) is 65.5 Å². The number of benzene rings is 2. The summed E-state index contributed by atoms with van der Waals surface area (Å²) in [6.45, 7) is 1.67. The van der Waals surface area contributed by atoms with Gasteiger partial charge in [-0.3, -0.25) is 0 Å². The topological polar surface area (TPSA) is 50.7 Å². The van der Waals surface area contributed by atoms with Gasteiger partial charge >= 0.3 is 0 Å². The van der Waals surface area contributed by atoms with Gasteiger partial charge in [0.25, 0.3) is 0 Å². The highest BCUT2D eigenvalue weighted by atomic mass is 19.1. The Kier molecular flexibility index (Phi) is 5.68. The highest BCUT2D eigenvalue weighted by Gasteiger charge is 2.34. The first-order valence-corrected chi connectivity index (χ1v) is 8.54. The molecule has 0 aliphatic carbocycles. The van der Waals surface area contributed by atoms with E-state index in [-0.39, 0.29) is 11.4 Å². The molecule has 0 amide bonds. The lowest BCUT2D eigenvalue weighted by molar-refractivity contribution is 0.0299. The first kappa shape index (κ1) is 17.9.